The van der Waals surface area contributed by atoms with E-state index in [1.54, 1.807) is 4.68 Å². The normalized spacial score (nSPS) is 10.6. The van der Waals surface area contributed by atoms with Gasteiger partial charge in [-0.25, -0.2) is 4.68 Å². The Kier molecular flexibility index (Phi) is 5.51. The summed E-state index contributed by atoms with van der Waals surface area (Å²) in [5.74, 6) is 0.233. The molecule has 6 heteroatoms. The molecule has 0 aliphatic carbocycles. The van der Waals surface area contributed by atoms with Crippen molar-refractivity contribution in [3.63, 3.8) is 0 Å². The van der Waals surface area contributed by atoms with Gasteiger partial charge in [-0.1, -0.05) is 78.9 Å². The van der Waals surface area contributed by atoms with Gasteiger partial charge in [-0.15, -0.1) is 0 Å². The van der Waals surface area contributed by atoms with Gasteiger partial charge >= 0.3 is 0 Å². The van der Waals surface area contributed by atoms with Gasteiger partial charge < -0.3 is 4.42 Å². The van der Waals surface area contributed by atoms with Gasteiger partial charge in [-0.2, -0.15) is 10.4 Å². The Bertz CT molecular complexity index is 1500. The zero-order valence-electron chi connectivity index (χ0n) is 18.4. The molecule has 0 aliphatic rings. The molecule has 0 spiro atoms. The van der Waals surface area contributed by atoms with Gasteiger partial charge in [0.1, 0.15) is 17.4 Å². The lowest BCUT2D eigenvalue weighted by molar-refractivity contribution is 0.102. The fourth-order valence-electron chi connectivity index (χ4n) is 3.93. The van der Waals surface area contributed by atoms with Crippen LogP contribution in [0.25, 0.3) is 28.1 Å². The third-order valence-electron chi connectivity index (χ3n) is 5.60. The molecule has 5 rings (SSSR count). The molecule has 3 aromatic carbocycles. The minimum absolute atomic E-state index is 0.108. The van der Waals surface area contributed by atoms with Crippen molar-refractivity contribution >= 4 is 11.8 Å². The number of carbonyl (C=O) groups excluding carboxylic acids is 1. The van der Waals surface area contributed by atoms with Crippen molar-refractivity contribution in [1.29, 1.82) is 5.26 Å². The van der Waals surface area contributed by atoms with Crippen LogP contribution in [0.4, 0.5) is 5.88 Å². The maximum absolute atomic E-state index is 13.2. The molecule has 0 bridgehead atoms. The van der Waals surface area contributed by atoms with Crippen LogP contribution < -0.4 is 5.32 Å². The molecule has 0 fully saturated rings. The first-order valence-corrected chi connectivity index (χ1v) is 10.8. The van der Waals surface area contributed by atoms with Gasteiger partial charge in [0.25, 0.3) is 5.91 Å². The van der Waals surface area contributed by atoms with Crippen molar-refractivity contribution in [3.8, 4) is 34.2 Å². The lowest BCUT2D eigenvalue weighted by Gasteiger charge is -2.05. The van der Waals surface area contributed by atoms with Gasteiger partial charge in [0.15, 0.2) is 0 Å². The number of hydrogen-bond donors (Lipinski definition) is 1. The molecule has 1 N–H and O–H groups in total. The number of anilines is 1. The summed E-state index contributed by atoms with van der Waals surface area (Å²) in [6, 6.07) is 30.9. The molecule has 34 heavy (non-hydrogen) atoms. The second-order valence-electron chi connectivity index (χ2n) is 7.70. The largest absolute Gasteiger partial charge is 0.438 e. The third-order valence-corrected chi connectivity index (χ3v) is 5.60. The van der Waals surface area contributed by atoms with Crippen LogP contribution in [0.1, 0.15) is 21.6 Å². The Balaban J connectivity index is 1.57. The van der Waals surface area contributed by atoms with Crippen molar-refractivity contribution in [1.82, 2.24) is 9.78 Å². The Labute approximate surface area is 196 Å². The number of para-hydroxylation sites is 1. The first kappa shape index (κ1) is 21.0. The predicted molar refractivity (Wildman–Crippen MR) is 131 cm³/mol. The van der Waals surface area contributed by atoms with Crippen LogP contribution in [0.5, 0.6) is 0 Å². The van der Waals surface area contributed by atoms with E-state index in [1.165, 1.54) is 6.20 Å². The van der Waals surface area contributed by atoms with Gasteiger partial charge in [0.2, 0.25) is 5.88 Å². The summed E-state index contributed by atoms with van der Waals surface area (Å²) < 4.78 is 7.82. The molecule has 0 radical (unpaired) electrons. The summed E-state index contributed by atoms with van der Waals surface area (Å²) >= 11 is 0. The summed E-state index contributed by atoms with van der Waals surface area (Å²) in [7, 11) is 0. The van der Waals surface area contributed by atoms with E-state index < -0.39 is 5.91 Å². The molecule has 0 aliphatic heterocycles. The van der Waals surface area contributed by atoms with Crippen LogP contribution in [0, 0.1) is 18.3 Å². The van der Waals surface area contributed by atoms with Gasteiger partial charge in [0.05, 0.1) is 23.1 Å². The molecule has 0 saturated heterocycles. The molecule has 0 unspecified atom stereocenters. The summed E-state index contributed by atoms with van der Waals surface area (Å²) in [6.45, 7) is 1.83. The molecule has 2 aromatic heterocycles. The number of hydrogen-bond acceptors (Lipinski definition) is 4. The predicted octanol–water partition coefficient (Wildman–Crippen LogP) is 6.23. The first-order valence-electron chi connectivity index (χ1n) is 10.8. The lowest BCUT2D eigenvalue weighted by atomic mass is 9.98. The Morgan fingerprint density at radius 1 is 0.912 bits per heavy atom. The zero-order chi connectivity index (χ0) is 23.5. The van der Waals surface area contributed by atoms with E-state index in [-0.39, 0.29) is 11.4 Å². The van der Waals surface area contributed by atoms with E-state index >= 15 is 0 Å². The number of nitrogens with zero attached hydrogens (tertiary/aromatic N) is 3. The van der Waals surface area contributed by atoms with Crippen molar-refractivity contribution in [2.45, 2.75) is 6.92 Å². The van der Waals surface area contributed by atoms with Crippen molar-refractivity contribution in [2.24, 2.45) is 0 Å². The lowest BCUT2D eigenvalue weighted by Crippen LogP contribution is -2.13. The molecule has 0 atom stereocenters. The van der Waals surface area contributed by atoms with Crippen molar-refractivity contribution in [2.75, 3.05) is 5.32 Å². The van der Waals surface area contributed by atoms with Gasteiger partial charge in [-0.05, 0) is 24.6 Å². The Morgan fingerprint density at radius 3 is 2.12 bits per heavy atom. The van der Waals surface area contributed by atoms with Crippen LogP contribution in [0.3, 0.4) is 0 Å². The molecule has 5 aromatic rings. The highest BCUT2D eigenvalue weighted by Gasteiger charge is 2.25. The zero-order valence-corrected chi connectivity index (χ0v) is 18.4. The summed E-state index contributed by atoms with van der Waals surface area (Å²) in [4.78, 5) is 13.2. The van der Waals surface area contributed by atoms with Crippen LogP contribution in [0.15, 0.2) is 102 Å². The standard InChI is InChI=1S/C28H20N4O2/c1-19-24(18-30-32(19)22-15-9-4-10-16-22)27(33)31-28-23(17-29)25(20-11-5-2-6-12-20)26(34-28)21-13-7-3-8-14-21/h2-16,18H,1H3,(H,31,33). The number of nitrogens with one attached hydrogen (secondary N) is 1. The molecular weight excluding hydrogens is 424 g/mol. The number of nitriles is 1. The number of carbonyl (C=O) groups is 1. The van der Waals surface area contributed by atoms with E-state index in [0.717, 1.165) is 16.8 Å². The quantitative estimate of drug-likeness (QED) is 0.348. The van der Waals surface area contributed by atoms with Crippen LogP contribution in [-0.2, 0) is 0 Å². The highest BCUT2D eigenvalue weighted by Crippen LogP contribution is 2.41. The number of rotatable bonds is 5. The molecule has 6 nitrogen and oxygen atoms in total. The van der Waals surface area contributed by atoms with Crippen LogP contribution >= 0.6 is 0 Å². The van der Waals surface area contributed by atoms with E-state index in [9.17, 15) is 10.1 Å². The highest BCUT2D eigenvalue weighted by atomic mass is 16.4. The molecular formula is C28H20N4O2. The smallest absolute Gasteiger partial charge is 0.261 e. The SMILES string of the molecule is Cc1c(C(=O)Nc2oc(-c3ccccc3)c(-c3ccccc3)c2C#N)cnn1-c1ccccc1. The Morgan fingerprint density at radius 2 is 1.50 bits per heavy atom. The average Bonchev–Trinajstić information content (AvgIpc) is 3.46. The maximum atomic E-state index is 13.2. The number of benzene rings is 3. The Hall–Kier alpha value is -4.89. The van der Waals surface area contributed by atoms with Crippen molar-refractivity contribution < 1.29 is 9.21 Å². The molecule has 164 valence electrons. The number of aromatic nitrogens is 2. The number of amides is 1. The van der Waals surface area contributed by atoms with E-state index in [4.69, 9.17) is 4.42 Å². The summed E-state index contributed by atoms with van der Waals surface area (Å²) in [5, 5.41) is 17.2. The fraction of sp³-hybridized carbons (Fsp3) is 0.0357. The molecule has 2 heterocycles. The average molecular weight is 444 g/mol. The molecule has 0 saturated carbocycles. The highest BCUT2D eigenvalue weighted by molar-refractivity contribution is 6.06. The van der Waals surface area contributed by atoms with Crippen LogP contribution in [-0.4, -0.2) is 15.7 Å². The van der Waals surface area contributed by atoms with E-state index in [1.807, 2.05) is 97.9 Å². The molecule has 1 amide bonds. The van der Waals surface area contributed by atoms with Crippen molar-refractivity contribution in [3.05, 3.63) is 114 Å². The van der Waals surface area contributed by atoms with E-state index in [0.29, 0.717) is 22.6 Å². The van der Waals surface area contributed by atoms with Crippen LogP contribution in [0.2, 0.25) is 0 Å². The summed E-state index contributed by atoms with van der Waals surface area (Å²) in [5.41, 5.74) is 4.48. The minimum atomic E-state index is -0.399. The summed E-state index contributed by atoms with van der Waals surface area (Å²) in [6.07, 6.45) is 1.52. The third kappa shape index (κ3) is 3.76. The van der Waals surface area contributed by atoms with Gasteiger partial charge in [0, 0.05) is 11.1 Å². The number of furan rings is 1. The maximum Gasteiger partial charge on any atom is 0.261 e. The minimum Gasteiger partial charge on any atom is -0.438 e. The second-order valence-corrected chi connectivity index (χ2v) is 7.70. The first-order chi connectivity index (χ1) is 16.7. The monoisotopic (exact) mass is 444 g/mol. The fourth-order valence-corrected chi connectivity index (χ4v) is 3.93. The van der Waals surface area contributed by atoms with E-state index in [2.05, 4.69) is 16.5 Å². The van der Waals surface area contributed by atoms with Gasteiger partial charge in [-0.3, -0.25) is 10.1 Å². The second kappa shape index (κ2) is 8.93. The topological polar surface area (TPSA) is 83.8 Å².